The number of aromatic amines is 2. The molecular formula is C36H20N6O4S4. The molecule has 0 saturated carbocycles. The van der Waals surface area contributed by atoms with E-state index in [1.165, 1.54) is 12.1 Å². The lowest BCUT2D eigenvalue weighted by atomic mass is 10.1. The maximum absolute atomic E-state index is 11.7. The molecule has 0 spiro atoms. The van der Waals surface area contributed by atoms with Crippen LogP contribution in [-0.4, -0.2) is 29.8 Å². The van der Waals surface area contributed by atoms with Crippen molar-refractivity contribution in [1.29, 1.82) is 0 Å². The third-order valence-electron chi connectivity index (χ3n) is 8.33. The van der Waals surface area contributed by atoms with E-state index in [0.29, 0.717) is 43.3 Å². The van der Waals surface area contributed by atoms with E-state index in [9.17, 15) is 20.2 Å². The van der Waals surface area contributed by atoms with Crippen LogP contribution in [0.25, 0.3) is 88.1 Å². The Labute approximate surface area is 298 Å². The first-order chi connectivity index (χ1) is 24.4. The van der Waals surface area contributed by atoms with E-state index in [2.05, 4.69) is 34.2 Å². The summed E-state index contributed by atoms with van der Waals surface area (Å²) in [6, 6.07) is 22.6. The van der Waals surface area contributed by atoms with Crippen LogP contribution >= 0.6 is 45.3 Å². The second-order valence-corrected chi connectivity index (χ2v) is 15.3. The second-order valence-electron chi connectivity index (χ2n) is 11.2. The molecule has 0 fully saturated rings. The molecule has 0 aliphatic carbocycles. The Balaban J connectivity index is 1.46. The van der Waals surface area contributed by atoms with Crippen molar-refractivity contribution in [3.8, 4) is 41.8 Å². The van der Waals surface area contributed by atoms with Crippen LogP contribution in [0.4, 0.5) is 10.0 Å². The Morgan fingerprint density at radius 3 is 1.14 bits per heavy atom. The highest BCUT2D eigenvalue weighted by molar-refractivity contribution is 7.19. The Morgan fingerprint density at radius 2 is 0.840 bits per heavy atom. The highest BCUT2D eigenvalue weighted by Crippen LogP contribution is 2.43. The number of nitrogens with one attached hydrogen (secondary N) is 2. The third-order valence-corrected chi connectivity index (χ3v) is 12.2. The maximum Gasteiger partial charge on any atom is 0.324 e. The van der Waals surface area contributed by atoms with Crippen molar-refractivity contribution in [2.75, 3.05) is 0 Å². The molecular weight excluding hydrogens is 709 g/mol. The number of thiophene rings is 4. The lowest BCUT2D eigenvalue weighted by Crippen LogP contribution is -1.87. The monoisotopic (exact) mass is 728 g/mol. The summed E-state index contributed by atoms with van der Waals surface area (Å²) in [5.74, 6) is 0. The van der Waals surface area contributed by atoms with E-state index in [1.54, 1.807) is 34.8 Å². The number of nitro groups is 2. The number of fused-ring (bicyclic) bond motifs is 8. The van der Waals surface area contributed by atoms with Gasteiger partial charge in [0.2, 0.25) is 0 Å². The summed E-state index contributed by atoms with van der Waals surface area (Å²) >= 11 is 5.39. The predicted molar refractivity (Wildman–Crippen MR) is 205 cm³/mol. The van der Waals surface area contributed by atoms with Gasteiger partial charge in [0.1, 0.15) is 0 Å². The van der Waals surface area contributed by atoms with Crippen molar-refractivity contribution in [3.63, 3.8) is 0 Å². The quantitative estimate of drug-likeness (QED) is 0.129. The zero-order valence-electron chi connectivity index (χ0n) is 25.4. The summed E-state index contributed by atoms with van der Waals surface area (Å²) in [6.45, 7) is 0. The third kappa shape index (κ3) is 5.13. The first-order valence-corrected chi connectivity index (χ1v) is 18.5. The number of aromatic nitrogens is 4. The van der Waals surface area contributed by atoms with Gasteiger partial charge in [0, 0.05) is 76.0 Å². The van der Waals surface area contributed by atoms with Crippen LogP contribution in [0.2, 0.25) is 0 Å². The predicted octanol–water partition coefficient (Wildman–Crippen LogP) is 11.4. The fraction of sp³-hybridized carbons (Fsp3) is 0. The molecule has 0 unspecified atom stereocenters. The molecule has 8 bridgehead atoms. The number of hydrogen-bond acceptors (Lipinski definition) is 10. The Morgan fingerprint density at radius 1 is 0.480 bits per heavy atom. The molecule has 9 heterocycles. The van der Waals surface area contributed by atoms with Crippen LogP contribution in [0.1, 0.15) is 22.8 Å². The normalized spacial score (nSPS) is 12.2. The van der Waals surface area contributed by atoms with Crippen molar-refractivity contribution in [3.05, 3.63) is 127 Å². The van der Waals surface area contributed by atoms with Gasteiger partial charge < -0.3 is 9.97 Å². The summed E-state index contributed by atoms with van der Waals surface area (Å²) in [5, 5.41) is 27.6. The first-order valence-electron chi connectivity index (χ1n) is 15.1. The van der Waals surface area contributed by atoms with Gasteiger partial charge in [-0.1, -0.05) is 34.8 Å². The minimum absolute atomic E-state index is 0.0207. The van der Waals surface area contributed by atoms with Gasteiger partial charge in [-0.2, -0.15) is 0 Å². The van der Waals surface area contributed by atoms with E-state index < -0.39 is 9.85 Å². The lowest BCUT2D eigenvalue weighted by molar-refractivity contribution is -0.380. The van der Waals surface area contributed by atoms with Crippen LogP contribution in [0.5, 0.6) is 0 Å². The maximum atomic E-state index is 11.7. The molecule has 2 aliphatic heterocycles. The van der Waals surface area contributed by atoms with E-state index in [-0.39, 0.29) is 10.0 Å². The van der Waals surface area contributed by atoms with Crippen LogP contribution in [0.15, 0.2) is 83.6 Å². The summed E-state index contributed by atoms with van der Waals surface area (Å²) in [4.78, 5) is 43.7. The molecule has 242 valence electrons. The van der Waals surface area contributed by atoms with E-state index in [0.717, 1.165) is 66.0 Å². The molecule has 0 aromatic carbocycles. The minimum Gasteiger partial charge on any atom is -0.354 e. The number of H-pyrrole nitrogens is 2. The lowest BCUT2D eigenvalue weighted by Gasteiger charge is -2.03. The number of rotatable bonds is 6. The van der Waals surface area contributed by atoms with E-state index >= 15 is 0 Å². The van der Waals surface area contributed by atoms with Crippen LogP contribution in [-0.2, 0) is 0 Å². The first kappa shape index (κ1) is 30.3. The molecule has 0 atom stereocenters. The van der Waals surface area contributed by atoms with Gasteiger partial charge in [-0.15, -0.1) is 22.7 Å². The molecule has 7 aromatic heterocycles. The average Bonchev–Trinajstić information content (AvgIpc) is 3.95. The van der Waals surface area contributed by atoms with Gasteiger partial charge in [-0.3, -0.25) is 20.2 Å². The summed E-state index contributed by atoms with van der Waals surface area (Å²) in [6.07, 6.45) is 7.83. The standard InChI is InChI=1S/C36H20N6O4S4/c43-41(44)31-15-13-29(49-31)35-23-9-7-21(38-23)33(27-3-1-17-47-27)19-5-6-20(37-19)34(28-4-2-18-48-28)22-8-10-24(39-22)36(26-12-11-25(35)40-26)30-14-16-32(50-30)42(45)46/h1-18,37,40H. The second kappa shape index (κ2) is 12.0. The number of nitrogens with zero attached hydrogens (tertiary/aromatic N) is 4. The Bertz CT molecular complexity index is 2550. The minimum atomic E-state index is -0.393. The van der Waals surface area contributed by atoms with Gasteiger partial charge in [0.15, 0.2) is 0 Å². The molecule has 9 rings (SSSR count). The highest BCUT2D eigenvalue weighted by Gasteiger charge is 2.22. The van der Waals surface area contributed by atoms with Crippen LogP contribution in [0, 0.1) is 20.2 Å². The van der Waals surface area contributed by atoms with Gasteiger partial charge in [-0.05, 0) is 83.6 Å². The summed E-state index contributed by atoms with van der Waals surface area (Å²) in [5.41, 5.74) is 9.21. The smallest absolute Gasteiger partial charge is 0.324 e. The fourth-order valence-corrected chi connectivity index (χ4v) is 9.57. The van der Waals surface area contributed by atoms with Crippen LogP contribution < -0.4 is 0 Å². The van der Waals surface area contributed by atoms with Crippen LogP contribution in [0.3, 0.4) is 0 Å². The molecule has 2 aliphatic rings. The van der Waals surface area contributed by atoms with Crippen molar-refractivity contribution >= 4 is 102 Å². The molecule has 0 amide bonds. The zero-order chi connectivity index (χ0) is 33.9. The Hall–Kier alpha value is -5.80. The Kier molecular flexibility index (Phi) is 7.24. The summed E-state index contributed by atoms with van der Waals surface area (Å²) in [7, 11) is 0. The van der Waals surface area contributed by atoms with Crippen molar-refractivity contribution in [1.82, 2.24) is 19.9 Å². The topological polar surface area (TPSA) is 144 Å². The SMILES string of the molecule is O=[N+]([O-])c1ccc(-c2c3nc(c(-c4cccs4)c4ccc([nH]4)c(-c4cccs4)c4nc(c(-c5ccc([N+](=O)[O-])s5)c5ccc2[nH]5)C=C4)C=C3)s1. The molecule has 2 N–H and O–H groups in total. The molecule has 7 aromatic rings. The van der Waals surface area contributed by atoms with Gasteiger partial charge in [0.05, 0.1) is 32.6 Å². The number of hydrogen-bond donors (Lipinski definition) is 2. The average molecular weight is 729 g/mol. The molecule has 14 heteroatoms. The van der Waals surface area contributed by atoms with Crippen molar-refractivity contribution in [2.24, 2.45) is 0 Å². The van der Waals surface area contributed by atoms with Gasteiger partial charge >= 0.3 is 10.0 Å². The largest absolute Gasteiger partial charge is 0.354 e. The molecule has 50 heavy (non-hydrogen) atoms. The van der Waals surface area contributed by atoms with Gasteiger partial charge in [0.25, 0.3) is 0 Å². The fourth-order valence-electron chi connectivity index (χ4n) is 6.20. The molecule has 10 nitrogen and oxygen atoms in total. The van der Waals surface area contributed by atoms with E-state index in [4.69, 9.17) is 9.97 Å². The van der Waals surface area contributed by atoms with Gasteiger partial charge in [-0.25, -0.2) is 9.97 Å². The van der Waals surface area contributed by atoms with E-state index in [1.807, 2.05) is 59.3 Å². The zero-order valence-corrected chi connectivity index (χ0v) is 28.7. The highest BCUT2D eigenvalue weighted by atomic mass is 32.1. The molecule has 0 radical (unpaired) electrons. The van der Waals surface area contributed by atoms with Crippen molar-refractivity contribution in [2.45, 2.75) is 0 Å². The molecule has 0 saturated heterocycles. The summed E-state index contributed by atoms with van der Waals surface area (Å²) < 4.78 is 0. The van der Waals surface area contributed by atoms with Crippen molar-refractivity contribution < 1.29 is 9.85 Å².